The molecule has 0 aliphatic heterocycles. The number of hydrogen-bond acceptors (Lipinski definition) is 3. The number of amides is 1. The molecule has 0 atom stereocenters. The maximum Gasteiger partial charge on any atom is 0.264 e. The number of hydrogen-bond donors (Lipinski definition) is 1. The van der Waals surface area contributed by atoms with Crippen LogP contribution in [0.4, 0.5) is 0 Å². The molecule has 17 heavy (non-hydrogen) atoms. The highest BCUT2D eigenvalue weighted by molar-refractivity contribution is 7.14. The van der Waals surface area contributed by atoms with Crippen molar-refractivity contribution in [3.05, 3.63) is 21.9 Å². The molecular formula is C13H21NO2S. The van der Waals surface area contributed by atoms with Gasteiger partial charge in [-0.15, -0.1) is 11.3 Å². The van der Waals surface area contributed by atoms with Crippen LogP contribution in [-0.2, 0) is 6.42 Å². The third-order valence-corrected chi connectivity index (χ3v) is 3.69. The number of nitrogens with zero attached hydrogens (tertiary/aromatic N) is 1. The molecule has 0 saturated heterocycles. The Morgan fingerprint density at radius 2 is 2.06 bits per heavy atom. The van der Waals surface area contributed by atoms with E-state index in [0.29, 0.717) is 13.1 Å². The zero-order valence-electron chi connectivity index (χ0n) is 11.0. The van der Waals surface area contributed by atoms with E-state index in [0.717, 1.165) is 11.3 Å². The quantitative estimate of drug-likeness (QED) is 0.878. The second kappa shape index (κ2) is 5.65. The number of thiophene rings is 1. The molecule has 1 aromatic heterocycles. The van der Waals surface area contributed by atoms with Crippen molar-refractivity contribution in [3.63, 3.8) is 0 Å². The number of aryl methyl sites for hydroxylation is 1. The summed E-state index contributed by atoms with van der Waals surface area (Å²) in [6.45, 7) is 8.42. The third-order valence-electron chi connectivity index (χ3n) is 2.47. The summed E-state index contributed by atoms with van der Waals surface area (Å²) in [5, 5.41) is 9.78. The Kier molecular flexibility index (Phi) is 4.71. The van der Waals surface area contributed by atoms with Crippen molar-refractivity contribution in [2.24, 2.45) is 0 Å². The van der Waals surface area contributed by atoms with Crippen molar-refractivity contribution in [2.75, 3.05) is 13.1 Å². The molecule has 1 aromatic rings. The minimum Gasteiger partial charge on any atom is -0.389 e. The van der Waals surface area contributed by atoms with Crippen LogP contribution in [0.1, 0.15) is 42.2 Å². The Balaban J connectivity index is 2.79. The maximum atomic E-state index is 12.2. The molecule has 1 N–H and O–H groups in total. The summed E-state index contributed by atoms with van der Waals surface area (Å²) in [5.74, 6) is 0.0133. The average Bonchev–Trinajstić information content (AvgIpc) is 2.72. The first kappa shape index (κ1) is 14.2. The van der Waals surface area contributed by atoms with Crippen LogP contribution in [0.5, 0.6) is 0 Å². The predicted molar refractivity (Wildman–Crippen MR) is 71.6 cm³/mol. The lowest BCUT2D eigenvalue weighted by molar-refractivity contribution is 0.0317. The van der Waals surface area contributed by atoms with E-state index in [2.05, 4.69) is 6.92 Å². The van der Waals surface area contributed by atoms with Crippen LogP contribution >= 0.6 is 11.3 Å². The fraction of sp³-hybridized carbons (Fsp3) is 0.615. The summed E-state index contributed by atoms with van der Waals surface area (Å²) >= 11 is 1.54. The molecule has 0 saturated carbocycles. The van der Waals surface area contributed by atoms with E-state index in [-0.39, 0.29) is 5.91 Å². The molecule has 1 heterocycles. The van der Waals surface area contributed by atoms with Crippen molar-refractivity contribution in [1.82, 2.24) is 4.90 Å². The smallest absolute Gasteiger partial charge is 0.264 e. The summed E-state index contributed by atoms with van der Waals surface area (Å²) in [6, 6.07) is 3.87. The second-order valence-electron chi connectivity index (χ2n) is 4.75. The minimum atomic E-state index is -0.851. The van der Waals surface area contributed by atoms with E-state index in [4.69, 9.17) is 0 Å². The maximum absolute atomic E-state index is 12.2. The zero-order chi connectivity index (χ0) is 13.1. The van der Waals surface area contributed by atoms with Crippen LogP contribution in [0, 0.1) is 0 Å². The summed E-state index contributed by atoms with van der Waals surface area (Å²) in [7, 11) is 0. The second-order valence-corrected chi connectivity index (χ2v) is 5.92. The number of aliphatic hydroxyl groups is 1. The lowest BCUT2D eigenvalue weighted by Gasteiger charge is -2.27. The first-order chi connectivity index (χ1) is 7.87. The van der Waals surface area contributed by atoms with E-state index in [9.17, 15) is 9.90 Å². The lowest BCUT2D eigenvalue weighted by atomic mass is 10.1. The molecule has 0 bridgehead atoms. The summed E-state index contributed by atoms with van der Waals surface area (Å²) < 4.78 is 0. The summed E-state index contributed by atoms with van der Waals surface area (Å²) in [6.07, 6.45) is 0.954. The van der Waals surface area contributed by atoms with Crippen LogP contribution in [0.25, 0.3) is 0 Å². The Bertz CT molecular complexity index is 379. The van der Waals surface area contributed by atoms with Gasteiger partial charge in [-0.3, -0.25) is 4.79 Å². The first-order valence-corrected chi connectivity index (χ1v) is 6.79. The van der Waals surface area contributed by atoms with Crippen molar-refractivity contribution >= 4 is 17.2 Å². The molecule has 0 spiro atoms. The first-order valence-electron chi connectivity index (χ1n) is 5.97. The van der Waals surface area contributed by atoms with Gasteiger partial charge in [-0.2, -0.15) is 0 Å². The Morgan fingerprint density at radius 3 is 2.47 bits per heavy atom. The van der Waals surface area contributed by atoms with Gasteiger partial charge in [0, 0.05) is 18.0 Å². The van der Waals surface area contributed by atoms with Gasteiger partial charge in [0.05, 0.1) is 10.5 Å². The topological polar surface area (TPSA) is 40.5 Å². The molecule has 96 valence electrons. The summed E-state index contributed by atoms with van der Waals surface area (Å²) in [4.78, 5) is 15.9. The van der Waals surface area contributed by atoms with Crippen molar-refractivity contribution in [1.29, 1.82) is 0 Å². The molecular weight excluding hydrogens is 234 g/mol. The number of rotatable bonds is 5. The third kappa shape index (κ3) is 4.13. The Morgan fingerprint density at radius 1 is 1.41 bits per heavy atom. The van der Waals surface area contributed by atoms with Gasteiger partial charge in [-0.05, 0) is 39.3 Å². The fourth-order valence-electron chi connectivity index (χ4n) is 1.63. The van der Waals surface area contributed by atoms with Gasteiger partial charge in [0.25, 0.3) is 5.91 Å². The highest BCUT2D eigenvalue weighted by Crippen LogP contribution is 2.19. The van der Waals surface area contributed by atoms with Gasteiger partial charge in [0.1, 0.15) is 0 Å². The largest absolute Gasteiger partial charge is 0.389 e. The van der Waals surface area contributed by atoms with Gasteiger partial charge < -0.3 is 10.0 Å². The number of carbonyl (C=O) groups is 1. The average molecular weight is 255 g/mol. The van der Waals surface area contributed by atoms with Gasteiger partial charge in [-0.25, -0.2) is 0 Å². The Labute approximate surface area is 107 Å². The predicted octanol–water partition coefficient (Wildman–Crippen LogP) is 2.54. The minimum absolute atomic E-state index is 0.0133. The van der Waals surface area contributed by atoms with Gasteiger partial charge >= 0.3 is 0 Å². The molecule has 0 fully saturated rings. The van der Waals surface area contributed by atoms with E-state index >= 15 is 0 Å². The molecule has 0 aromatic carbocycles. The molecule has 4 heteroatoms. The SMILES string of the molecule is CCc1ccc(C(=O)N(CC)CC(C)(C)O)s1. The van der Waals surface area contributed by atoms with Crippen LogP contribution in [0.15, 0.2) is 12.1 Å². The van der Waals surface area contributed by atoms with Gasteiger partial charge in [0.15, 0.2) is 0 Å². The highest BCUT2D eigenvalue weighted by Gasteiger charge is 2.23. The Hall–Kier alpha value is -0.870. The van der Waals surface area contributed by atoms with E-state index in [1.54, 1.807) is 18.7 Å². The van der Waals surface area contributed by atoms with Crippen molar-refractivity contribution in [2.45, 2.75) is 39.7 Å². The molecule has 1 rings (SSSR count). The van der Waals surface area contributed by atoms with Crippen LogP contribution in [0.2, 0.25) is 0 Å². The van der Waals surface area contributed by atoms with Crippen LogP contribution in [0.3, 0.4) is 0 Å². The lowest BCUT2D eigenvalue weighted by Crippen LogP contribution is -2.41. The van der Waals surface area contributed by atoms with Crippen molar-refractivity contribution < 1.29 is 9.90 Å². The standard InChI is InChI=1S/C13H21NO2S/c1-5-10-7-8-11(17-10)12(15)14(6-2)9-13(3,4)16/h7-8,16H,5-6,9H2,1-4H3. The molecule has 0 aliphatic rings. The van der Waals surface area contributed by atoms with Crippen molar-refractivity contribution in [3.8, 4) is 0 Å². The number of likely N-dealkylation sites (N-methyl/N-ethyl adjacent to an activating group) is 1. The highest BCUT2D eigenvalue weighted by atomic mass is 32.1. The molecule has 3 nitrogen and oxygen atoms in total. The molecule has 1 amide bonds. The van der Waals surface area contributed by atoms with Gasteiger partial charge in [-0.1, -0.05) is 6.92 Å². The number of carbonyl (C=O) groups excluding carboxylic acids is 1. The summed E-state index contributed by atoms with van der Waals surface area (Å²) in [5.41, 5.74) is -0.851. The van der Waals surface area contributed by atoms with E-state index < -0.39 is 5.60 Å². The van der Waals surface area contributed by atoms with Gasteiger partial charge in [0.2, 0.25) is 0 Å². The van der Waals surface area contributed by atoms with E-state index in [1.807, 2.05) is 19.1 Å². The monoisotopic (exact) mass is 255 g/mol. The van der Waals surface area contributed by atoms with Crippen LogP contribution in [-0.4, -0.2) is 34.6 Å². The fourth-order valence-corrected chi connectivity index (χ4v) is 2.55. The molecule has 0 unspecified atom stereocenters. The zero-order valence-corrected chi connectivity index (χ0v) is 11.8. The van der Waals surface area contributed by atoms with E-state index in [1.165, 1.54) is 16.2 Å². The molecule has 0 radical (unpaired) electrons. The normalized spacial score (nSPS) is 11.6. The molecule has 0 aliphatic carbocycles. The van der Waals surface area contributed by atoms with Crippen LogP contribution < -0.4 is 0 Å².